The van der Waals surface area contributed by atoms with Crippen LogP contribution in [0.2, 0.25) is 5.02 Å². The van der Waals surface area contributed by atoms with Gasteiger partial charge in [-0.2, -0.15) is 0 Å². The van der Waals surface area contributed by atoms with Gasteiger partial charge in [0.2, 0.25) is 0 Å². The number of aromatic nitrogens is 1. The third-order valence-corrected chi connectivity index (χ3v) is 3.44. The van der Waals surface area contributed by atoms with Crippen LogP contribution in [0.5, 0.6) is 5.75 Å². The normalized spacial score (nSPS) is 10.1. The molecule has 2 aromatic rings. The number of benzene rings is 1. The quantitative estimate of drug-likeness (QED) is 0.833. The fraction of sp³-hybridized carbons (Fsp3) is 0.231. The molecule has 1 heterocycles. The first-order valence-corrected chi connectivity index (χ1v) is 7.24. The minimum absolute atomic E-state index is 0.293. The first kappa shape index (κ1) is 14.6. The van der Waals surface area contributed by atoms with Crippen LogP contribution in [0.15, 0.2) is 29.6 Å². The lowest BCUT2D eigenvalue weighted by Crippen LogP contribution is -2.32. The summed E-state index contributed by atoms with van der Waals surface area (Å²) in [5.74, 6) is 0.715. The van der Waals surface area contributed by atoms with Crippen LogP contribution < -0.4 is 15.4 Å². The van der Waals surface area contributed by atoms with E-state index in [0.717, 1.165) is 5.69 Å². The maximum Gasteiger partial charge on any atom is 0.321 e. The van der Waals surface area contributed by atoms with E-state index >= 15 is 0 Å². The van der Waals surface area contributed by atoms with Crippen LogP contribution in [0.4, 0.5) is 9.93 Å². The van der Waals surface area contributed by atoms with Crippen LogP contribution >= 0.6 is 22.9 Å². The molecule has 5 nitrogen and oxygen atoms in total. The van der Waals surface area contributed by atoms with E-state index in [2.05, 4.69) is 15.6 Å². The number of nitrogens with one attached hydrogen (secondary N) is 2. The van der Waals surface area contributed by atoms with Crippen molar-refractivity contribution in [2.24, 2.45) is 0 Å². The van der Waals surface area contributed by atoms with E-state index < -0.39 is 0 Å². The van der Waals surface area contributed by atoms with Gasteiger partial charge in [-0.1, -0.05) is 11.6 Å². The number of carbonyl (C=O) groups is 1. The predicted molar refractivity (Wildman–Crippen MR) is 80.8 cm³/mol. The number of hydrogen-bond donors (Lipinski definition) is 2. The summed E-state index contributed by atoms with van der Waals surface area (Å²) in [6, 6.07) is 6.77. The van der Waals surface area contributed by atoms with E-state index in [1.165, 1.54) is 11.3 Å². The minimum atomic E-state index is -0.293. The molecule has 0 bridgehead atoms. The molecule has 106 valence electrons. The molecule has 1 aromatic carbocycles. The molecular formula is C13H14ClN3O2S. The van der Waals surface area contributed by atoms with E-state index in [9.17, 15) is 4.79 Å². The third-order valence-electron chi connectivity index (χ3n) is 2.31. The second-order valence-electron chi connectivity index (χ2n) is 3.98. The smallest absolute Gasteiger partial charge is 0.321 e. The molecule has 0 saturated carbocycles. The van der Waals surface area contributed by atoms with Crippen molar-refractivity contribution in [1.29, 1.82) is 0 Å². The van der Waals surface area contributed by atoms with Crippen LogP contribution in [0.3, 0.4) is 0 Å². The molecule has 0 spiro atoms. The number of halogens is 1. The average Bonchev–Trinajstić information content (AvgIpc) is 2.82. The number of nitrogens with zero attached hydrogens (tertiary/aromatic N) is 1. The van der Waals surface area contributed by atoms with Gasteiger partial charge in [0.15, 0.2) is 5.13 Å². The average molecular weight is 312 g/mol. The summed E-state index contributed by atoms with van der Waals surface area (Å²) in [7, 11) is 0. The molecule has 0 atom stereocenters. The highest BCUT2D eigenvalue weighted by molar-refractivity contribution is 7.13. The lowest BCUT2D eigenvalue weighted by atomic mass is 10.3. The van der Waals surface area contributed by atoms with Crippen molar-refractivity contribution in [3.63, 3.8) is 0 Å². The number of rotatable bonds is 5. The van der Waals surface area contributed by atoms with Gasteiger partial charge < -0.3 is 10.1 Å². The molecule has 0 radical (unpaired) electrons. The highest BCUT2D eigenvalue weighted by Gasteiger charge is 2.04. The molecule has 0 aliphatic heterocycles. The van der Waals surface area contributed by atoms with E-state index in [1.54, 1.807) is 24.3 Å². The van der Waals surface area contributed by atoms with Crippen molar-refractivity contribution in [3.05, 3.63) is 40.4 Å². The van der Waals surface area contributed by atoms with Gasteiger partial charge in [-0.3, -0.25) is 5.32 Å². The molecule has 0 aliphatic carbocycles. The number of anilines is 1. The Bertz CT molecular complexity index is 571. The summed E-state index contributed by atoms with van der Waals surface area (Å²) in [5.41, 5.74) is 0.886. The van der Waals surface area contributed by atoms with Crippen LogP contribution in [0.1, 0.15) is 5.69 Å². The number of aryl methyl sites for hydroxylation is 1. The lowest BCUT2D eigenvalue weighted by Gasteiger charge is -2.07. The topological polar surface area (TPSA) is 63.2 Å². The van der Waals surface area contributed by atoms with Crippen molar-refractivity contribution in [3.8, 4) is 5.75 Å². The maximum atomic E-state index is 11.5. The largest absolute Gasteiger partial charge is 0.492 e. The monoisotopic (exact) mass is 311 g/mol. The van der Waals surface area contributed by atoms with Crippen LogP contribution in [-0.4, -0.2) is 24.2 Å². The number of urea groups is 1. The molecule has 2 rings (SSSR count). The van der Waals surface area contributed by atoms with Crippen LogP contribution in [0, 0.1) is 6.92 Å². The molecule has 0 saturated heterocycles. The summed E-state index contributed by atoms with van der Waals surface area (Å²) >= 11 is 7.16. The molecule has 20 heavy (non-hydrogen) atoms. The standard InChI is InChI=1S/C13H14ClN3O2S/c1-9-8-20-13(16-9)17-12(18)15-6-7-19-11-4-2-10(14)3-5-11/h2-5,8H,6-7H2,1H3,(H2,15,16,17,18). The van der Waals surface area contributed by atoms with Crippen molar-refractivity contribution >= 4 is 34.1 Å². The Morgan fingerprint density at radius 1 is 1.40 bits per heavy atom. The Morgan fingerprint density at radius 3 is 2.80 bits per heavy atom. The van der Waals surface area contributed by atoms with Gasteiger partial charge >= 0.3 is 6.03 Å². The van der Waals surface area contributed by atoms with Gasteiger partial charge in [-0.25, -0.2) is 9.78 Å². The second-order valence-corrected chi connectivity index (χ2v) is 5.27. The van der Waals surface area contributed by atoms with E-state index in [0.29, 0.717) is 29.1 Å². The van der Waals surface area contributed by atoms with Gasteiger partial charge in [0, 0.05) is 10.4 Å². The number of hydrogen-bond acceptors (Lipinski definition) is 4. The Labute approximate surface area is 125 Å². The molecule has 2 amide bonds. The Morgan fingerprint density at radius 2 is 2.15 bits per heavy atom. The number of amides is 2. The summed E-state index contributed by atoms with van der Waals surface area (Å²) < 4.78 is 5.45. The summed E-state index contributed by atoms with van der Waals surface area (Å²) in [6.45, 7) is 2.66. The predicted octanol–water partition coefficient (Wildman–Crippen LogP) is 3.31. The summed E-state index contributed by atoms with van der Waals surface area (Å²) in [5, 5.41) is 8.46. The van der Waals surface area contributed by atoms with Crippen molar-refractivity contribution in [1.82, 2.24) is 10.3 Å². The maximum absolute atomic E-state index is 11.5. The van der Waals surface area contributed by atoms with Gasteiger partial charge in [0.25, 0.3) is 0 Å². The Kier molecular flexibility index (Phi) is 5.20. The number of carbonyl (C=O) groups excluding carboxylic acids is 1. The van der Waals surface area contributed by atoms with E-state index in [-0.39, 0.29) is 6.03 Å². The van der Waals surface area contributed by atoms with Crippen molar-refractivity contribution < 1.29 is 9.53 Å². The second kappa shape index (κ2) is 7.12. The molecular weight excluding hydrogens is 298 g/mol. The first-order valence-electron chi connectivity index (χ1n) is 5.99. The van der Waals surface area contributed by atoms with E-state index in [4.69, 9.17) is 16.3 Å². The van der Waals surface area contributed by atoms with Crippen molar-refractivity contribution in [2.75, 3.05) is 18.5 Å². The third kappa shape index (κ3) is 4.71. The van der Waals surface area contributed by atoms with Crippen LogP contribution in [-0.2, 0) is 0 Å². The fourth-order valence-electron chi connectivity index (χ4n) is 1.42. The Hall–Kier alpha value is -1.79. The molecule has 0 aliphatic rings. The zero-order chi connectivity index (χ0) is 14.4. The van der Waals surface area contributed by atoms with E-state index in [1.807, 2.05) is 12.3 Å². The molecule has 7 heteroatoms. The number of thiazole rings is 1. The van der Waals surface area contributed by atoms with Gasteiger partial charge in [0.1, 0.15) is 12.4 Å². The molecule has 0 unspecified atom stereocenters. The van der Waals surface area contributed by atoms with Gasteiger partial charge in [-0.15, -0.1) is 11.3 Å². The Balaban J connectivity index is 1.65. The molecule has 1 aromatic heterocycles. The summed E-state index contributed by atoms with van der Waals surface area (Å²) in [4.78, 5) is 15.7. The highest BCUT2D eigenvalue weighted by Crippen LogP contribution is 2.15. The lowest BCUT2D eigenvalue weighted by molar-refractivity contribution is 0.247. The SMILES string of the molecule is Cc1csc(NC(=O)NCCOc2ccc(Cl)cc2)n1. The highest BCUT2D eigenvalue weighted by atomic mass is 35.5. The fourth-order valence-corrected chi connectivity index (χ4v) is 2.23. The molecule has 2 N–H and O–H groups in total. The van der Waals surface area contributed by atoms with Crippen LogP contribution in [0.25, 0.3) is 0 Å². The number of ether oxygens (including phenoxy) is 1. The van der Waals surface area contributed by atoms with Gasteiger partial charge in [-0.05, 0) is 31.2 Å². The minimum Gasteiger partial charge on any atom is -0.492 e. The summed E-state index contributed by atoms with van der Waals surface area (Å²) in [6.07, 6.45) is 0. The van der Waals surface area contributed by atoms with Crippen molar-refractivity contribution in [2.45, 2.75) is 6.92 Å². The zero-order valence-corrected chi connectivity index (χ0v) is 12.4. The van der Waals surface area contributed by atoms with Gasteiger partial charge in [0.05, 0.1) is 12.2 Å². The zero-order valence-electron chi connectivity index (χ0n) is 10.9. The molecule has 0 fully saturated rings. The first-order chi connectivity index (χ1) is 9.63.